The van der Waals surface area contributed by atoms with Gasteiger partial charge >= 0.3 is 5.97 Å². The number of fused-ring (bicyclic) bond motifs is 1. The zero-order chi connectivity index (χ0) is 13.1. The molecule has 18 heavy (non-hydrogen) atoms. The van der Waals surface area contributed by atoms with E-state index in [-0.39, 0.29) is 6.42 Å². The number of hydrogen-bond acceptors (Lipinski definition) is 2. The van der Waals surface area contributed by atoms with Crippen LogP contribution >= 0.6 is 11.6 Å². The Morgan fingerprint density at radius 3 is 2.83 bits per heavy atom. The number of nitrogens with zero attached hydrogens (tertiary/aromatic N) is 1. The molecule has 0 unspecified atom stereocenters. The predicted molar refractivity (Wildman–Crippen MR) is 72.1 cm³/mol. The average molecular weight is 264 g/mol. The molecule has 1 heterocycles. The van der Waals surface area contributed by atoms with Crippen molar-refractivity contribution < 1.29 is 9.90 Å². The molecule has 0 fully saturated rings. The number of aromatic nitrogens is 1. The molecular weight excluding hydrogens is 250 g/mol. The zero-order valence-corrected chi connectivity index (χ0v) is 10.9. The SMILES string of the molecule is CCc1ccc2nc(Cl)c(CCC(=O)O)cc2c1. The number of carboxylic acids is 1. The molecule has 0 saturated heterocycles. The zero-order valence-electron chi connectivity index (χ0n) is 10.1. The molecule has 3 nitrogen and oxygen atoms in total. The third kappa shape index (κ3) is 2.79. The predicted octanol–water partition coefficient (Wildman–Crippen LogP) is 3.47. The quantitative estimate of drug-likeness (QED) is 0.860. The molecule has 1 aromatic heterocycles. The van der Waals surface area contributed by atoms with Gasteiger partial charge in [0.25, 0.3) is 0 Å². The van der Waals surface area contributed by atoms with Crippen LogP contribution in [0.15, 0.2) is 24.3 Å². The minimum atomic E-state index is -0.825. The van der Waals surface area contributed by atoms with Gasteiger partial charge in [-0.15, -0.1) is 0 Å². The van der Waals surface area contributed by atoms with E-state index in [9.17, 15) is 4.79 Å². The molecule has 1 N–H and O–H groups in total. The number of benzene rings is 1. The van der Waals surface area contributed by atoms with Gasteiger partial charge in [-0.2, -0.15) is 0 Å². The van der Waals surface area contributed by atoms with Crippen LogP contribution in [-0.2, 0) is 17.6 Å². The van der Waals surface area contributed by atoms with Crippen LogP contribution in [0.1, 0.15) is 24.5 Å². The van der Waals surface area contributed by atoms with Crippen LogP contribution < -0.4 is 0 Å². The van der Waals surface area contributed by atoms with E-state index < -0.39 is 5.97 Å². The van der Waals surface area contributed by atoms with Gasteiger partial charge in [0, 0.05) is 11.8 Å². The van der Waals surface area contributed by atoms with E-state index in [0.29, 0.717) is 11.6 Å². The highest BCUT2D eigenvalue weighted by Gasteiger charge is 2.07. The smallest absolute Gasteiger partial charge is 0.303 e. The molecule has 1 aromatic carbocycles. The van der Waals surface area contributed by atoms with Crippen LogP contribution in [0.5, 0.6) is 0 Å². The number of carbonyl (C=O) groups is 1. The van der Waals surface area contributed by atoms with E-state index in [4.69, 9.17) is 16.7 Å². The van der Waals surface area contributed by atoms with Crippen molar-refractivity contribution in [3.8, 4) is 0 Å². The Kier molecular flexibility index (Phi) is 3.82. The van der Waals surface area contributed by atoms with Gasteiger partial charge in [-0.1, -0.05) is 24.6 Å². The largest absolute Gasteiger partial charge is 0.481 e. The fourth-order valence-electron chi connectivity index (χ4n) is 1.88. The van der Waals surface area contributed by atoms with E-state index in [1.807, 2.05) is 18.2 Å². The number of rotatable bonds is 4. The molecular formula is C14H14ClNO2. The number of hydrogen-bond donors (Lipinski definition) is 1. The van der Waals surface area contributed by atoms with Gasteiger partial charge in [0.1, 0.15) is 5.15 Å². The van der Waals surface area contributed by atoms with E-state index in [2.05, 4.69) is 18.0 Å². The molecule has 2 aromatic rings. The standard InChI is InChI=1S/C14H14ClNO2/c1-2-9-3-5-12-11(7-9)8-10(14(15)16-12)4-6-13(17)18/h3,5,7-8H,2,4,6H2,1H3,(H,17,18). The second-order valence-electron chi connectivity index (χ2n) is 4.21. The number of carboxylic acid groups (broad SMARTS) is 1. The maximum Gasteiger partial charge on any atom is 0.303 e. The Balaban J connectivity index is 2.41. The average Bonchev–Trinajstić information content (AvgIpc) is 2.35. The van der Waals surface area contributed by atoms with Crippen molar-refractivity contribution in [3.05, 3.63) is 40.5 Å². The molecule has 0 aliphatic carbocycles. The summed E-state index contributed by atoms with van der Waals surface area (Å²) >= 11 is 6.06. The summed E-state index contributed by atoms with van der Waals surface area (Å²) < 4.78 is 0. The lowest BCUT2D eigenvalue weighted by Crippen LogP contribution is -1.99. The molecule has 0 atom stereocenters. The van der Waals surface area contributed by atoms with Gasteiger partial charge in [-0.3, -0.25) is 4.79 Å². The van der Waals surface area contributed by atoms with Crippen molar-refractivity contribution in [2.45, 2.75) is 26.2 Å². The lowest BCUT2D eigenvalue weighted by molar-refractivity contribution is -0.136. The van der Waals surface area contributed by atoms with Gasteiger partial charge in [-0.05, 0) is 42.2 Å². The van der Waals surface area contributed by atoms with Gasteiger partial charge in [0.05, 0.1) is 5.52 Å². The third-order valence-electron chi connectivity index (χ3n) is 2.92. The molecule has 0 spiro atoms. The highest BCUT2D eigenvalue weighted by molar-refractivity contribution is 6.30. The summed E-state index contributed by atoms with van der Waals surface area (Å²) in [6.45, 7) is 2.09. The van der Waals surface area contributed by atoms with Crippen LogP contribution in [0.2, 0.25) is 5.15 Å². The Morgan fingerprint density at radius 1 is 1.39 bits per heavy atom. The number of pyridine rings is 1. The van der Waals surface area contributed by atoms with E-state index in [0.717, 1.165) is 22.9 Å². The molecule has 4 heteroatoms. The van der Waals surface area contributed by atoms with Crippen molar-refractivity contribution >= 4 is 28.5 Å². The van der Waals surface area contributed by atoms with Crippen molar-refractivity contribution in [2.75, 3.05) is 0 Å². The maximum atomic E-state index is 10.6. The molecule has 0 saturated carbocycles. The second kappa shape index (κ2) is 5.36. The Bertz CT molecular complexity index is 596. The number of aliphatic carboxylic acids is 1. The lowest BCUT2D eigenvalue weighted by atomic mass is 10.1. The summed E-state index contributed by atoms with van der Waals surface area (Å²) in [5.41, 5.74) is 2.87. The summed E-state index contributed by atoms with van der Waals surface area (Å²) in [5.74, 6) is -0.825. The third-order valence-corrected chi connectivity index (χ3v) is 3.25. The summed E-state index contributed by atoms with van der Waals surface area (Å²) in [7, 11) is 0. The molecule has 94 valence electrons. The molecule has 2 rings (SSSR count). The topological polar surface area (TPSA) is 50.2 Å². The van der Waals surface area contributed by atoms with Gasteiger partial charge < -0.3 is 5.11 Å². The van der Waals surface area contributed by atoms with E-state index in [1.165, 1.54) is 5.56 Å². The van der Waals surface area contributed by atoms with Gasteiger partial charge in [0.15, 0.2) is 0 Å². The fraction of sp³-hybridized carbons (Fsp3) is 0.286. The van der Waals surface area contributed by atoms with Crippen molar-refractivity contribution in [2.24, 2.45) is 0 Å². The summed E-state index contributed by atoms with van der Waals surface area (Å²) in [6.07, 6.45) is 1.44. The Labute approximate surface area is 110 Å². The monoisotopic (exact) mass is 263 g/mol. The van der Waals surface area contributed by atoms with Crippen LogP contribution in [0, 0.1) is 0 Å². The van der Waals surface area contributed by atoms with E-state index in [1.54, 1.807) is 0 Å². The molecule has 0 amide bonds. The van der Waals surface area contributed by atoms with Gasteiger partial charge in [0.2, 0.25) is 0 Å². The first-order valence-electron chi connectivity index (χ1n) is 5.90. The highest BCUT2D eigenvalue weighted by atomic mass is 35.5. The first-order chi connectivity index (χ1) is 8.60. The highest BCUT2D eigenvalue weighted by Crippen LogP contribution is 2.23. The minimum Gasteiger partial charge on any atom is -0.481 e. The first kappa shape index (κ1) is 12.8. The Hall–Kier alpha value is -1.61. The first-order valence-corrected chi connectivity index (χ1v) is 6.28. The second-order valence-corrected chi connectivity index (χ2v) is 4.57. The summed E-state index contributed by atoms with van der Waals surface area (Å²) in [5, 5.41) is 10.1. The fourth-order valence-corrected chi connectivity index (χ4v) is 2.12. The Morgan fingerprint density at radius 2 is 2.17 bits per heavy atom. The molecule has 0 radical (unpaired) electrons. The van der Waals surface area contributed by atoms with E-state index >= 15 is 0 Å². The summed E-state index contributed by atoms with van der Waals surface area (Å²) in [4.78, 5) is 14.9. The van der Waals surface area contributed by atoms with Crippen LogP contribution in [0.25, 0.3) is 10.9 Å². The van der Waals surface area contributed by atoms with Crippen molar-refractivity contribution in [3.63, 3.8) is 0 Å². The van der Waals surface area contributed by atoms with Crippen LogP contribution in [0.4, 0.5) is 0 Å². The maximum absolute atomic E-state index is 10.6. The molecule has 0 bridgehead atoms. The normalized spacial score (nSPS) is 10.8. The molecule has 0 aliphatic heterocycles. The summed E-state index contributed by atoms with van der Waals surface area (Å²) in [6, 6.07) is 7.99. The molecule has 0 aliphatic rings. The van der Waals surface area contributed by atoms with Gasteiger partial charge in [-0.25, -0.2) is 4.98 Å². The van der Waals surface area contributed by atoms with Crippen LogP contribution in [0.3, 0.4) is 0 Å². The van der Waals surface area contributed by atoms with Crippen molar-refractivity contribution in [1.29, 1.82) is 0 Å². The number of aryl methyl sites for hydroxylation is 2. The van der Waals surface area contributed by atoms with Crippen LogP contribution in [-0.4, -0.2) is 16.1 Å². The lowest BCUT2D eigenvalue weighted by Gasteiger charge is -2.06. The van der Waals surface area contributed by atoms with Crippen molar-refractivity contribution in [1.82, 2.24) is 4.98 Å². The minimum absolute atomic E-state index is 0.0698. The number of halogens is 1.